The second-order valence-electron chi connectivity index (χ2n) is 6.07. The molecule has 6 heteroatoms. The fourth-order valence-corrected chi connectivity index (χ4v) is 3.31. The summed E-state index contributed by atoms with van der Waals surface area (Å²) in [6.07, 6.45) is 7.00. The third-order valence-corrected chi connectivity index (χ3v) is 4.61. The Morgan fingerprint density at radius 3 is 2.71 bits per heavy atom. The summed E-state index contributed by atoms with van der Waals surface area (Å²) in [6, 6.07) is 7.46. The first kappa shape index (κ1) is 16.8. The number of halogens is 1. The molecule has 0 unspecified atom stereocenters. The van der Waals surface area contributed by atoms with E-state index >= 15 is 0 Å². The van der Waals surface area contributed by atoms with Gasteiger partial charge in [0.05, 0.1) is 7.11 Å². The normalized spacial score (nSPS) is 15.8. The predicted molar refractivity (Wildman–Crippen MR) is 93.4 cm³/mol. The van der Waals surface area contributed by atoms with Crippen LogP contribution in [0.1, 0.15) is 48.9 Å². The molecule has 1 saturated carbocycles. The maximum Gasteiger partial charge on any atom is 0.345 e. The largest absolute Gasteiger partial charge is 0.465 e. The molecule has 0 aliphatic heterocycles. The minimum Gasteiger partial charge on any atom is -0.465 e. The number of rotatable bonds is 4. The average Bonchev–Trinajstić information content (AvgIpc) is 2.82. The number of hydrogen-bond donors (Lipinski definition) is 1. The van der Waals surface area contributed by atoms with Crippen LogP contribution >= 0.6 is 11.6 Å². The molecular weight excluding hydrogens is 328 g/mol. The predicted octanol–water partition coefficient (Wildman–Crippen LogP) is 4.92. The second-order valence-corrected chi connectivity index (χ2v) is 6.51. The molecule has 0 amide bonds. The van der Waals surface area contributed by atoms with Gasteiger partial charge in [0, 0.05) is 16.6 Å². The van der Waals surface area contributed by atoms with E-state index in [0.29, 0.717) is 22.2 Å². The van der Waals surface area contributed by atoms with Crippen molar-refractivity contribution in [2.24, 2.45) is 0 Å². The van der Waals surface area contributed by atoms with Crippen molar-refractivity contribution in [1.82, 2.24) is 5.16 Å². The molecule has 24 heavy (non-hydrogen) atoms. The van der Waals surface area contributed by atoms with E-state index in [4.69, 9.17) is 20.9 Å². The highest BCUT2D eigenvalue weighted by Crippen LogP contribution is 2.32. The summed E-state index contributed by atoms with van der Waals surface area (Å²) in [4.78, 5) is 12.3. The SMILES string of the molecule is COC(=O)c1c(-c2cccc(Cl)c2)noc1NC1CCCCCC1. The number of hydrogen-bond acceptors (Lipinski definition) is 5. The molecule has 5 nitrogen and oxygen atoms in total. The minimum atomic E-state index is -0.470. The number of esters is 1. The van der Waals surface area contributed by atoms with Crippen LogP contribution in [0, 0.1) is 0 Å². The lowest BCUT2D eigenvalue weighted by Gasteiger charge is -2.15. The summed E-state index contributed by atoms with van der Waals surface area (Å²) < 4.78 is 10.4. The maximum absolute atomic E-state index is 12.3. The molecule has 1 heterocycles. The molecule has 1 aromatic carbocycles. The Morgan fingerprint density at radius 2 is 2.04 bits per heavy atom. The molecule has 1 aliphatic rings. The van der Waals surface area contributed by atoms with Gasteiger partial charge in [-0.1, -0.05) is 54.6 Å². The minimum absolute atomic E-state index is 0.288. The molecule has 0 radical (unpaired) electrons. The zero-order valence-corrected chi connectivity index (χ0v) is 14.4. The number of nitrogens with one attached hydrogen (secondary N) is 1. The second kappa shape index (κ2) is 7.71. The van der Waals surface area contributed by atoms with Gasteiger partial charge in [-0.05, 0) is 25.0 Å². The lowest BCUT2D eigenvalue weighted by atomic mass is 10.1. The van der Waals surface area contributed by atoms with Crippen molar-refractivity contribution in [2.45, 2.75) is 44.6 Å². The van der Waals surface area contributed by atoms with Gasteiger partial charge in [-0.3, -0.25) is 0 Å². The molecule has 0 bridgehead atoms. The van der Waals surface area contributed by atoms with Gasteiger partial charge in [0.15, 0.2) is 5.56 Å². The summed E-state index contributed by atoms with van der Waals surface area (Å²) in [5, 5.41) is 8.01. The molecule has 0 atom stereocenters. The summed E-state index contributed by atoms with van der Waals surface area (Å²) >= 11 is 6.05. The smallest absolute Gasteiger partial charge is 0.345 e. The first-order valence-corrected chi connectivity index (χ1v) is 8.67. The van der Waals surface area contributed by atoms with Crippen LogP contribution in [0.5, 0.6) is 0 Å². The van der Waals surface area contributed by atoms with Crippen molar-refractivity contribution in [1.29, 1.82) is 0 Å². The summed E-state index contributed by atoms with van der Waals surface area (Å²) in [7, 11) is 1.35. The van der Waals surface area contributed by atoms with E-state index in [-0.39, 0.29) is 6.04 Å². The maximum atomic E-state index is 12.3. The fraction of sp³-hybridized carbons (Fsp3) is 0.444. The van der Waals surface area contributed by atoms with Gasteiger partial charge in [0.2, 0.25) is 5.88 Å². The molecule has 0 saturated heterocycles. The highest BCUT2D eigenvalue weighted by Gasteiger charge is 2.27. The Bertz CT molecular complexity index is 706. The number of carbonyl (C=O) groups excluding carboxylic acids is 1. The molecule has 128 valence electrons. The van der Waals surface area contributed by atoms with E-state index in [1.165, 1.54) is 32.8 Å². The van der Waals surface area contributed by atoms with Crippen molar-refractivity contribution in [2.75, 3.05) is 12.4 Å². The molecule has 3 rings (SSSR count). The topological polar surface area (TPSA) is 64.4 Å². The number of benzene rings is 1. The zero-order chi connectivity index (χ0) is 16.9. The van der Waals surface area contributed by atoms with E-state index in [1.54, 1.807) is 12.1 Å². The van der Waals surface area contributed by atoms with E-state index in [1.807, 2.05) is 12.1 Å². The van der Waals surface area contributed by atoms with Crippen molar-refractivity contribution < 1.29 is 14.1 Å². The van der Waals surface area contributed by atoms with E-state index in [0.717, 1.165) is 18.4 Å². The van der Waals surface area contributed by atoms with Crippen LogP contribution in [0.3, 0.4) is 0 Å². The lowest BCUT2D eigenvalue weighted by Crippen LogP contribution is -2.19. The Hall–Kier alpha value is -2.01. The van der Waals surface area contributed by atoms with Gasteiger partial charge in [0.25, 0.3) is 0 Å². The van der Waals surface area contributed by atoms with Gasteiger partial charge >= 0.3 is 5.97 Å². The summed E-state index contributed by atoms with van der Waals surface area (Å²) in [5.41, 5.74) is 1.49. The van der Waals surface area contributed by atoms with Gasteiger partial charge in [0.1, 0.15) is 5.69 Å². The van der Waals surface area contributed by atoms with E-state index in [2.05, 4.69) is 10.5 Å². The number of methoxy groups -OCH3 is 1. The van der Waals surface area contributed by atoms with Gasteiger partial charge in [-0.2, -0.15) is 0 Å². The average molecular weight is 349 g/mol. The molecule has 1 N–H and O–H groups in total. The monoisotopic (exact) mass is 348 g/mol. The van der Waals surface area contributed by atoms with Gasteiger partial charge < -0.3 is 14.6 Å². The molecular formula is C18H21ClN2O3. The van der Waals surface area contributed by atoms with Gasteiger partial charge in [-0.15, -0.1) is 0 Å². The van der Waals surface area contributed by atoms with Crippen LogP contribution in [0.15, 0.2) is 28.8 Å². The third-order valence-electron chi connectivity index (χ3n) is 4.37. The Balaban J connectivity index is 1.93. The van der Waals surface area contributed by atoms with Gasteiger partial charge in [-0.25, -0.2) is 4.79 Å². The van der Waals surface area contributed by atoms with E-state index in [9.17, 15) is 4.79 Å². The molecule has 1 aromatic heterocycles. The fourth-order valence-electron chi connectivity index (χ4n) is 3.12. The highest BCUT2D eigenvalue weighted by atomic mass is 35.5. The molecule has 0 spiro atoms. The summed E-state index contributed by atoms with van der Waals surface area (Å²) in [5.74, 6) is -0.0916. The van der Waals surface area contributed by atoms with Crippen LogP contribution in [0.2, 0.25) is 5.02 Å². The Morgan fingerprint density at radius 1 is 1.29 bits per heavy atom. The van der Waals surface area contributed by atoms with E-state index < -0.39 is 5.97 Å². The van der Waals surface area contributed by atoms with Crippen LogP contribution in [0.25, 0.3) is 11.3 Å². The van der Waals surface area contributed by atoms with Crippen molar-refractivity contribution >= 4 is 23.5 Å². The standard InChI is InChI=1S/C18H21ClN2O3/c1-23-18(22)15-16(12-7-6-8-13(19)11-12)21-24-17(15)20-14-9-4-2-3-5-10-14/h6-8,11,14,20H,2-5,9-10H2,1H3. The molecule has 1 fully saturated rings. The van der Waals surface area contributed by atoms with Crippen LogP contribution < -0.4 is 5.32 Å². The van der Waals surface area contributed by atoms with Crippen LogP contribution in [-0.4, -0.2) is 24.3 Å². The summed E-state index contributed by atoms with van der Waals surface area (Å²) in [6.45, 7) is 0. The highest BCUT2D eigenvalue weighted by molar-refractivity contribution is 6.30. The third kappa shape index (κ3) is 3.73. The zero-order valence-electron chi connectivity index (χ0n) is 13.7. The van der Waals surface area contributed by atoms with Crippen molar-refractivity contribution in [3.8, 4) is 11.3 Å². The van der Waals surface area contributed by atoms with Crippen molar-refractivity contribution in [3.63, 3.8) is 0 Å². The number of aromatic nitrogens is 1. The number of carbonyl (C=O) groups is 1. The quantitative estimate of drug-likeness (QED) is 0.627. The number of ether oxygens (including phenoxy) is 1. The lowest BCUT2D eigenvalue weighted by molar-refractivity contribution is 0.0602. The van der Waals surface area contributed by atoms with Crippen LogP contribution in [0.4, 0.5) is 5.88 Å². The van der Waals surface area contributed by atoms with Crippen molar-refractivity contribution in [3.05, 3.63) is 34.9 Å². The Kier molecular flexibility index (Phi) is 5.41. The first-order chi connectivity index (χ1) is 11.7. The van der Waals surface area contributed by atoms with Crippen LogP contribution in [-0.2, 0) is 4.74 Å². The molecule has 1 aliphatic carbocycles. The first-order valence-electron chi connectivity index (χ1n) is 8.29. The number of anilines is 1. The Labute approximate surface area is 146 Å². The molecule has 2 aromatic rings. The number of nitrogens with zero attached hydrogens (tertiary/aromatic N) is 1.